The fourth-order valence-corrected chi connectivity index (χ4v) is 3.23. The normalized spacial score (nSPS) is 17.8. The third kappa shape index (κ3) is 3.44. The van der Waals surface area contributed by atoms with Crippen LogP contribution in [-0.4, -0.2) is 58.4 Å². The zero-order valence-electron chi connectivity index (χ0n) is 13.7. The topological polar surface area (TPSA) is 107 Å². The number of methoxy groups -OCH3 is 1. The van der Waals surface area contributed by atoms with E-state index in [-0.39, 0.29) is 24.7 Å². The quantitative estimate of drug-likeness (QED) is 0.737. The van der Waals surface area contributed by atoms with Gasteiger partial charge in [-0.25, -0.2) is 4.31 Å². The Labute approximate surface area is 145 Å². The molecule has 10 heteroatoms. The average Bonchev–Trinajstić information content (AvgIpc) is 3.04. The lowest BCUT2D eigenvalue weighted by molar-refractivity contribution is -0.118. The van der Waals surface area contributed by atoms with Gasteiger partial charge in [0.15, 0.2) is 11.5 Å². The van der Waals surface area contributed by atoms with E-state index in [1.165, 1.54) is 20.2 Å². The highest BCUT2D eigenvalue weighted by atomic mass is 32.2. The number of carbonyl (C=O) groups is 1. The Morgan fingerprint density at radius 1 is 1.36 bits per heavy atom. The highest BCUT2D eigenvalue weighted by Crippen LogP contribution is 2.33. The van der Waals surface area contributed by atoms with Crippen LogP contribution in [0.5, 0.6) is 11.5 Å². The Hall–Kier alpha value is -2.59. The molecule has 0 atom stereocenters. The first-order valence-electron chi connectivity index (χ1n) is 7.40. The minimum atomic E-state index is -4.01. The standard InChI is InChI=1S/C15H17N3O6S/c1-18-12(15(19)16-5-6-22-2)8-11(17-25(18,20)21)10-3-4-13-14(7-10)24-9-23-13/h3-4,7-8H,5-6,9H2,1-2H3,(H,16,19). The lowest BCUT2D eigenvalue weighted by Gasteiger charge is -2.23. The van der Waals surface area contributed by atoms with Gasteiger partial charge < -0.3 is 19.5 Å². The van der Waals surface area contributed by atoms with E-state index < -0.39 is 16.1 Å². The largest absolute Gasteiger partial charge is 0.454 e. The summed E-state index contributed by atoms with van der Waals surface area (Å²) in [6, 6.07) is 4.94. The van der Waals surface area contributed by atoms with Crippen molar-refractivity contribution < 1.29 is 27.4 Å². The molecular weight excluding hydrogens is 350 g/mol. The van der Waals surface area contributed by atoms with Crippen molar-refractivity contribution in [3.05, 3.63) is 35.5 Å². The Balaban J connectivity index is 1.94. The molecule has 2 aliphatic rings. The maximum absolute atomic E-state index is 12.3. The first-order chi connectivity index (χ1) is 11.9. The number of fused-ring (bicyclic) bond motifs is 1. The zero-order chi connectivity index (χ0) is 18.0. The Kier molecular flexibility index (Phi) is 4.64. The summed E-state index contributed by atoms with van der Waals surface area (Å²) in [7, 11) is -1.23. The van der Waals surface area contributed by atoms with Gasteiger partial charge in [0.25, 0.3) is 5.91 Å². The van der Waals surface area contributed by atoms with E-state index in [1.54, 1.807) is 18.2 Å². The van der Waals surface area contributed by atoms with Gasteiger partial charge in [-0.3, -0.25) is 4.79 Å². The van der Waals surface area contributed by atoms with Crippen molar-refractivity contribution in [1.29, 1.82) is 0 Å². The lowest BCUT2D eigenvalue weighted by Crippen LogP contribution is -2.39. The number of hydrogen-bond acceptors (Lipinski definition) is 6. The van der Waals surface area contributed by atoms with Crippen molar-refractivity contribution in [3.63, 3.8) is 0 Å². The fourth-order valence-electron chi connectivity index (χ4n) is 2.31. The molecule has 0 aliphatic carbocycles. The number of likely N-dealkylation sites (N-methyl/N-ethyl adjacent to an activating group) is 1. The van der Waals surface area contributed by atoms with Crippen molar-refractivity contribution in [1.82, 2.24) is 9.62 Å². The molecule has 1 aromatic rings. The van der Waals surface area contributed by atoms with Crippen molar-refractivity contribution in [2.75, 3.05) is 34.1 Å². The summed E-state index contributed by atoms with van der Waals surface area (Å²) in [6.45, 7) is 0.685. The van der Waals surface area contributed by atoms with E-state index in [0.29, 0.717) is 23.7 Å². The number of ether oxygens (including phenoxy) is 3. The van der Waals surface area contributed by atoms with Crippen molar-refractivity contribution in [3.8, 4) is 11.5 Å². The average molecular weight is 367 g/mol. The number of benzene rings is 1. The molecule has 0 unspecified atom stereocenters. The molecule has 0 bridgehead atoms. The second-order valence-corrected chi connectivity index (χ2v) is 6.89. The third-order valence-corrected chi connectivity index (χ3v) is 4.98. The monoisotopic (exact) mass is 367 g/mol. The molecule has 0 fully saturated rings. The minimum absolute atomic E-state index is 0.0289. The van der Waals surface area contributed by atoms with Crippen LogP contribution in [0.15, 0.2) is 34.4 Å². The van der Waals surface area contributed by atoms with Gasteiger partial charge in [0, 0.05) is 26.3 Å². The van der Waals surface area contributed by atoms with Crippen LogP contribution in [0.3, 0.4) is 0 Å². The number of hydrogen-bond donors (Lipinski definition) is 1. The molecule has 0 aromatic heterocycles. The van der Waals surface area contributed by atoms with Gasteiger partial charge in [-0.05, 0) is 24.3 Å². The maximum Gasteiger partial charge on any atom is 0.345 e. The molecular formula is C15H17N3O6S. The number of carbonyl (C=O) groups excluding carboxylic acids is 1. The molecule has 3 rings (SSSR count). The lowest BCUT2D eigenvalue weighted by atomic mass is 10.1. The maximum atomic E-state index is 12.3. The number of amides is 1. The summed E-state index contributed by atoms with van der Waals surface area (Å²) in [6.07, 6.45) is 1.42. The molecule has 25 heavy (non-hydrogen) atoms. The number of allylic oxidation sites excluding steroid dienone is 1. The van der Waals surface area contributed by atoms with E-state index >= 15 is 0 Å². The van der Waals surface area contributed by atoms with Gasteiger partial charge in [-0.1, -0.05) is 0 Å². The molecule has 0 spiro atoms. The van der Waals surface area contributed by atoms with Crippen LogP contribution in [0.25, 0.3) is 0 Å². The molecule has 1 N–H and O–H groups in total. The summed E-state index contributed by atoms with van der Waals surface area (Å²) in [5.41, 5.74) is 0.621. The molecule has 2 heterocycles. The van der Waals surface area contributed by atoms with Crippen LogP contribution in [0.1, 0.15) is 5.56 Å². The van der Waals surface area contributed by atoms with Gasteiger partial charge in [-0.15, -0.1) is 4.40 Å². The van der Waals surface area contributed by atoms with Crippen molar-refractivity contribution in [2.24, 2.45) is 4.40 Å². The third-order valence-electron chi connectivity index (χ3n) is 3.67. The highest BCUT2D eigenvalue weighted by Gasteiger charge is 2.30. The van der Waals surface area contributed by atoms with E-state index in [2.05, 4.69) is 9.71 Å². The number of nitrogens with one attached hydrogen (secondary N) is 1. The van der Waals surface area contributed by atoms with Crippen LogP contribution in [0, 0.1) is 0 Å². The second kappa shape index (κ2) is 6.73. The zero-order valence-corrected chi connectivity index (χ0v) is 14.5. The van der Waals surface area contributed by atoms with E-state index in [1.807, 2.05) is 0 Å². The second-order valence-electron chi connectivity index (χ2n) is 5.27. The van der Waals surface area contributed by atoms with Crippen LogP contribution >= 0.6 is 0 Å². The molecule has 1 aromatic carbocycles. The molecule has 134 valence electrons. The highest BCUT2D eigenvalue weighted by molar-refractivity contribution is 7.88. The van der Waals surface area contributed by atoms with Gasteiger partial charge in [0.05, 0.1) is 12.3 Å². The van der Waals surface area contributed by atoms with Gasteiger partial charge in [0.1, 0.15) is 5.70 Å². The SMILES string of the molecule is COCCNC(=O)C1=CC(c2ccc3c(c2)OCO3)=NS(=O)(=O)N1C. The van der Waals surface area contributed by atoms with E-state index in [4.69, 9.17) is 14.2 Å². The Morgan fingerprint density at radius 3 is 2.88 bits per heavy atom. The van der Waals surface area contributed by atoms with E-state index in [0.717, 1.165) is 4.31 Å². The fraction of sp³-hybridized carbons (Fsp3) is 0.333. The molecule has 1 amide bonds. The Bertz CT molecular complexity index is 862. The van der Waals surface area contributed by atoms with Gasteiger partial charge >= 0.3 is 10.2 Å². The number of nitrogens with zero attached hydrogens (tertiary/aromatic N) is 2. The summed E-state index contributed by atoms with van der Waals surface area (Å²) < 4.78 is 44.5. The minimum Gasteiger partial charge on any atom is -0.454 e. The molecule has 0 saturated heterocycles. The number of rotatable bonds is 5. The van der Waals surface area contributed by atoms with E-state index in [9.17, 15) is 13.2 Å². The first-order valence-corrected chi connectivity index (χ1v) is 8.80. The summed E-state index contributed by atoms with van der Waals surface area (Å²) >= 11 is 0. The Morgan fingerprint density at radius 2 is 2.12 bits per heavy atom. The summed E-state index contributed by atoms with van der Waals surface area (Å²) in [5, 5.41) is 2.60. The van der Waals surface area contributed by atoms with Gasteiger partial charge in [0.2, 0.25) is 6.79 Å². The summed E-state index contributed by atoms with van der Waals surface area (Å²) in [4.78, 5) is 12.3. The van der Waals surface area contributed by atoms with Crippen LogP contribution in [0.2, 0.25) is 0 Å². The molecule has 2 aliphatic heterocycles. The predicted octanol–water partition coefficient (Wildman–Crippen LogP) is 0.0411. The molecule has 9 nitrogen and oxygen atoms in total. The van der Waals surface area contributed by atoms with Crippen LogP contribution in [-0.2, 0) is 19.7 Å². The first kappa shape index (κ1) is 17.2. The van der Waals surface area contributed by atoms with Crippen molar-refractivity contribution >= 4 is 21.8 Å². The molecule has 0 radical (unpaired) electrons. The smallest absolute Gasteiger partial charge is 0.345 e. The predicted molar refractivity (Wildman–Crippen MR) is 88.8 cm³/mol. The van der Waals surface area contributed by atoms with Crippen LogP contribution < -0.4 is 14.8 Å². The van der Waals surface area contributed by atoms with Crippen LogP contribution in [0.4, 0.5) is 0 Å². The van der Waals surface area contributed by atoms with Gasteiger partial charge in [-0.2, -0.15) is 8.42 Å². The van der Waals surface area contributed by atoms with Crippen molar-refractivity contribution in [2.45, 2.75) is 0 Å². The summed E-state index contributed by atoms with van der Waals surface area (Å²) in [5.74, 6) is 0.536. The molecule has 0 saturated carbocycles.